The highest BCUT2D eigenvalue weighted by atomic mass is 35.5. The molecular formula is C9H10ClN3O. The van der Waals surface area contributed by atoms with Crippen molar-refractivity contribution in [2.75, 3.05) is 5.32 Å². The highest BCUT2D eigenvalue weighted by Gasteiger charge is 2.25. The molecule has 1 aromatic rings. The summed E-state index contributed by atoms with van der Waals surface area (Å²) in [4.78, 5) is 19.1. The first kappa shape index (κ1) is 9.40. The molecule has 2 rings (SSSR count). The molecule has 1 aliphatic rings. The predicted molar refractivity (Wildman–Crippen MR) is 53.0 cm³/mol. The third-order valence-corrected chi connectivity index (χ3v) is 2.54. The van der Waals surface area contributed by atoms with Gasteiger partial charge in [0.1, 0.15) is 5.82 Å². The number of rotatable bonds is 2. The summed E-state index contributed by atoms with van der Waals surface area (Å²) in [6.07, 6.45) is 4.61. The van der Waals surface area contributed by atoms with Crippen molar-refractivity contribution in [3.8, 4) is 0 Å². The lowest BCUT2D eigenvalue weighted by atomic mass is 9.85. The number of hydrogen-bond donors (Lipinski definition) is 1. The largest absolute Gasteiger partial charge is 0.310 e. The van der Waals surface area contributed by atoms with Crippen molar-refractivity contribution in [2.24, 2.45) is 5.92 Å². The average Bonchev–Trinajstić information content (AvgIpc) is 1.99. The fraction of sp³-hybridized carbons (Fsp3) is 0.444. The number of nitrogens with zero attached hydrogens (tertiary/aromatic N) is 2. The summed E-state index contributed by atoms with van der Waals surface area (Å²) in [5, 5.41) is 2.86. The van der Waals surface area contributed by atoms with Crippen LogP contribution >= 0.6 is 11.6 Å². The van der Waals surface area contributed by atoms with E-state index in [-0.39, 0.29) is 17.1 Å². The SMILES string of the molecule is O=C(Nc1ccnc(Cl)n1)C1CCC1. The van der Waals surface area contributed by atoms with Gasteiger partial charge >= 0.3 is 0 Å². The van der Waals surface area contributed by atoms with Crippen LogP contribution in [-0.4, -0.2) is 15.9 Å². The van der Waals surface area contributed by atoms with Crippen LogP contribution in [0.3, 0.4) is 0 Å². The molecule has 0 saturated heterocycles. The molecule has 1 heterocycles. The molecule has 14 heavy (non-hydrogen) atoms. The van der Waals surface area contributed by atoms with Gasteiger partial charge in [-0.15, -0.1) is 0 Å². The monoisotopic (exact) mass is 211 g/mol. The van der Waals surface area contributed by atoms with E-state index in [1.54, 1.807) is 6.07 Å². The van der Waals surface area contributed by atoms with Crippen molar-refractivity contribution in [1.82, 2.24) is 9.97 Å². The van der Waals surface area contributed by atoms with Gasteiger partial charge in [-0.3, -0.25) is 4.79 Å². The van der Waals surface area contributed by atoms with Gasteiger partial charge in [0.05, 0.1) is 0 Å². The maximum Gasteiger partial charge on any atom is 0.228 e. The Morgan fingerprint density at radius 1 is 1.57 bits per heavy atom. The van der Waals surface area contributed by atoms with E-state index < -0.39 is 0 Å². The summed E-state index contributed by atoms with van der Waals surface area (Å²) in [6, 6.07) is 1.63. The second kappa shape index (κ2) is 3.92. The Labute approximate surface area is 86.7 Å². The van der Waals surface area contributed by atoms with Crippen LogP contribution in [0.5, 0.6) is 0 Å². The molecule has 74 valence electrons. The highest BCUT2D eigenvalue weighted by Crippen LogP contribution is 2.27. The highest BCUT2D eigenvalue weighted by molar-refractivity contribution is 6.28. The fourth-order valence-electron chi connectivity index (χ4n) is 1.30. The first-order valence-electron chi connectivity index (χ1n) is 4.55. The summed E-state index contributed by atoms with van der Waals surface area (Å²) >= 11 is 5.58. The minimum Gasteiger partial charge on any atom is -0.310 e. The fourth-order valence-corrected chi connectivity index (χ4v) is 1.45. The third kappa shape index (κ3) is 2.01. The number of hydrogen-bond acceptors (Lipinski definition) is 3. The Bertz CT molecular complexity index is 352. The molecule has 0 radical (unpaired) electrons. The molecule has 1 aromatic heterocycles. The Morgan fingerprint density at radius 2 is 2.36 bits per heavy atom. The summed E-state index contributed by atoms with van der Waals surface area (Å²) in [5.41, 5.74) is 0. The molecule has 0 unspecified atom stereocenters. The van der Waals surface area contributed by atoms with Gasteiger partial charge in [-0.1, -0.05) is 6.42 Å². The van der Waals surface area contributed by atoms with E-state index in [9.17, 15) is 4.79 Å². The molecule has 0 aliphatic heterocycles. The number of amides is 1. The molecule has 1 aliphatic carbocycles. The van der Waals surface area contributed by atoms with E-state index in [1.165, 1.54) is 6.20 Å². The van der Waals surface area contributed by atoms with Crippen LogP contribution in [-0.2, 0) is 4.79 Å². The third-order valence-electron chi connectivity index (χ3n) is 2.35. The Kier molecular flexibility index (Phi) is 2.63. The zero-order valence-electron chi connectivity index (χ0n) is 7.53. The molecule has 5 heteroatoms. The van der Waals surface area contributed by atoms with Crippen molar-refractivity contribution in [3.05, 3.63) is 17.5 Å². The first-order valence-corrected chi connectivity index (χ1v) is 4.93. The second-order valence-corrected chi connectivity index (χ2v) is 3.67. The number of aromatic nitrogens is 2. The number of halogens is 1. The van der Waals surface area contributed by atoms with Gasteiger partial charge in [0.2, 0.25) is 11.2 Å². The molecule has 1 N–H and O–H groups in total. The molecule has 0 aromatic carbocycles. The van der Waals surface area contributed by atoms with Gasteiger partial charge < -0.3 is 5.32 Å². The molecule has 1 fully saturated rings. The van der Waals surface area contributed by atoms with Gasteiger partial charge in [0.15, 0.2) is 0 Å². The van der Waals surface area contributed by atoms with E-state index in [0.717, 1.165) is 19.3 Å². The summed E-state index contributed by atoms with van der Waals surface area (Å²) < 4.78 is 0. The van der Waals surface area contributed by atoms with Crippen molar-refractivity contribution in [2.45, 2.75) is 19.3 Å². The summed E-state index contributed by atoms with van der Waals surface area (Å²) in [7, 11) is 0. The number of carbonyl (C=O) groups is 1. The Hall–Kier alpha value is -1.16. The minimum absolute atomic E-state index is 0.0333. The molecule has 1 saturated carbocycles. The maximum atomic E-state index is 11.5. The number of nitrogens with one attached hydrogen (secondary N) is 1. The predicted octanol–water partition coefficient (Wildman–Crippen LogP) is 1.87. The lowest BCUT2D eigenvalue weighted by Gasteiger charge is -2.23. The van der Waals surface area contributed by atoms with Gasteiger partial charge in [0.25, 0.3) is 0 Å². The maximum absolute atomic E-state index is 11.5. The molecule has 1 amide bonds. The van der Waals surface area contributed by atoms with E-state index in [1.807, 2.05) is 0 Å². The van der Waals surface area contributed by atoms with Crippen molar-refractivity contribution >= 4 is 23.3 Å². The molecule has 0 spiro atoms. The average molecular weight is 212 g/mol. The number of carbonyl (C=O) groups excluding carboxylic acids is 1. The second-order valence-electron chi connectivity index (χ2n) is 3.33. The first-order chi connectivity index (χ1) is 6.75. The van der Waals surface area contributed by atoms with Gasteiger partial charge in [-0.2, -0.15) is 0 Å². The lowest BCUT2D eigenvalue weighted by molar-refractivity contribution is -0.122. The Balaban J connectivity index is 1.99. The van der Waals surface area contributed by atoms with Crippen molar-refractivity contribution in [1.29, 1.82) is 0 Å². The lowest BCUT2D eigenvalue weighted by Crippen LogP contribution is -2.28. The van der Waals surface area contributed by atoms with Crippen molar-refractivity contribution < 1.29 is 4.79 Å². The smallest absolute Gasteiger partial charge is 0.228 e. The van der Waals surface area contributed by atoms with Gasteiger partial charge in [-0.25, -0.2) is 9.97 Å². The summed E-state index contributed by atoms with van der Waals surface area (Å²) in [5.74, 6) is 0.664. The Morgan fingerprint density at radius 3 is 2.93 bits per heavy atom. The van der Waals surface area contributed by atoms with E-state index >= 15 is 0 Å². The molecular weight excluding hydrogens is 202 g/mol. The minimum atomic E-state index is 0.0333. The molecule has 0 atom stereocenters. The van der Waals surface area contributed by atoms with Gasteiger partial charge in [-0.05, 0) is 30.5 Å². The topological polar surface area (TPSA) is 54.9 Å². The van der Waals surface area contributed by atoms with Gasteiger partial charge in [0, 0.05) is 12.1 Å². The number of anilines is 1. The van der Waals surface area contributed by atoms with E-state index in [2.05, 4.69) is 15.3 Å². The van der Waals surface area contributed by atoms with Crippen LogP contribution in [0.4, 0.5) is 5.82 Å². The molecule has 4 nitrogen and oxygen atoms in total. The van der Waals surface area contributed by atoms with Crippen LogP contribution in [0.1, 0.15) is 19.3 Å². The quantitative estimate of drug-likeness (QED) is 0.760. The van der Waals surface area contributed by atoms with E-state index in [4.69, 9.17) is 11.6 Å². The van der Waals surface area contributed by atoms with Crippen molar-refractivity contribution in [3.63, 3.8) is 0 Å². The standard InChI is InChI=1S/C9H10ClN3O/c10-9-11-5-4-7(13-9)12-8(14)6-2-1-3-6/h4-6H,1-3H2,(H,11,12,13,14). The molecule has 0 bridgehead atoms. The van der Waals surface area contributed by atoms with Crippen LogP contribution in [0, 0.1) is 5.92 Å². The van der Waals surface area contributed by atoms with Crippen LogP contribution in [0.25, 0.3) is 0 Å². The van der Waals surface area contributed by atoms with Crippen LogP contribution < -0.4 is 5.32 Å². The van der Waals surface area contributed by atoms with E-state index in [0.29, 0.717) is 5.82 Å². The van der Waals surface area contributed by atoms with Crippen LogP contribution in [0.15, 0.2) is 12.3 Å². The zero-order valence-corrected chi connectivity index (χ0v) is 8.29. The zero-order chi connectivity index (χ0) is 9.97. The normalized spacial score (nSPS) is 16.1. The van der Waals surface area contributed by atoms with Crippen LogP contribution in [0.2, 0.25) is 5.28 Å². The summed E-state index contributed by atoms with van der Waals surface area (Å²) in [6.45, 7) is 0.